The second kappa shape index (κ2) is 5.54. The van der Waals surface area contributed by atoms with E-state index in [1.807, 2.05) is 11.8 Å². The highest BCUT2D eigenvalue weighted by Gasteiger charge is 2.20. The molecule has 0 aliphatic carbocycles. The molecule has 0 spiro atoms. The Morgan fingerprint density at radius 1 is 1.33 bits per heavy atom. The van der Waals surface area contributed by atoms with Crippen LogP contribution in [0.5, 0.6) is 0 Å². The summed E-state index contributed by atoms with van der Waals surface area (Å²) in [6.07, 6.45) is 0. The molecule has 1 aliphatic heterocycles. The number of nitrogens with zero attached hydrogens (tertiary/aromatic N) is 1. The first kappa shape index (κ1) is 11.0. The third kappa shape index (κ3) is 2.97. The molecule has 2 nitrogen and oxygen atoms in total. The zero-order valence-corrected chi connectivity index (χ0v) is 9.75. The largest absolute Gasteiger partial charge is 0.329 e. The average molecular weight is 222 g/mol. The lowest BCUT2D eigenvalue weighted by atomic mass is 10.2. The van der Waals surface area contributed by atoms with Crippen molar-refractivity contribution in [3.8, 4) is 0 Å². The summed E-state index contributed by atoms with van der Waals surface area (Å²) >= 11 is 2.02. The molecule has 1 heterocycles. The van der Waals surface area contributed by atoms with E-state index < -0.39 is 0 Å². The SMILES string of the molecule is NC[C@@H]1CSCCN1Cc1ccccc1. The van der Waals surface area contributed by atoms with E-state index in [4.69, 9.17) is 5.73 Å². The summed E-state index contributed by atoms with van der Waals surface area (Å²) in [6, 6.07) is 11.2. The Hall–Kier alpha value is -0.510. The van der Waals surface area contributed by atoms with Crippen LogP contribution in [0.1, 0.15) is 5.56 Å². The predicted molar refractivity (Wildman–Crippen MR) is 67.0 cm³/mol. The van der Waals surface area contributed by atoms with Gasteiger partial charge in [-0.3, -0.25) is 4.90 Å². The Labute approximate surface area is 95.8 Å². The summed E-state index contributed by atoms with van der Waals surface area (Å²) in [6.45, 7) is 2.99. The molecule has 0 unspecified atom stereocenters. The summed E-state index contributed by atoms with van der Waals surface area (Å²) in [4.78, 5) is 2.51. The van der Waals surface area contributed by atoms with Crippen molar-refractivity contribution in [3.05, 3.63) is 35.9 Å². The van der Waals surface area contributed by atoms with Crippen LogP contribution in [0.4, 0.5) is 0 Å². The first-order chi connectivity index (χ1) is 7.40. The molecule has 2 N–H and O–H groups in total. The minimum atomic E-state index is 0.559. The van der Waals surface area contributed by atoms with Gasteiger partial charge in [-0.05, 0) is 5.56 Å². The Balaban J connectivity index is 1.97. The van der Waals surface area contributed by atoms with Crippen LogP contribution in [-0.4, -0.2) is 35.5 Å². The van der Waals surface area contributed by atoms with Crippen molar-refractivity contribution >= 4 is 11.8 Å². The molecule has 0 amide bonds. The maximum absolute atomic E-state index is 5.79. The molecular weight excluding hydrogens is 204 g/mol. The third-order valence-electron chi connectivity index (χ3n) is 2.85. The van der Waals surface area contributed by atoms with Gasteiger partial charge < -0.3 is 5.73 Å². The molecule has 1 saturated heterocycles. The van der Waals surface area contributed by atoms with E-state index in [-0.39, 0.29) is 0 Å². The van der Waals surface area contributed by atoms with E-state index in [1.165, 1.54) is 23.6 Å². The number of thioether (sulfide) groups is 1. The first-order valence-electron chi connectivity index (χ1n) is 5.46. The van der Waals surface area contributed by atoms with E-state index in [9.17, 15) is 0 Å². The van der Waals surface area contributed by atoms with Gasteiger partial charge in [0.1, 0.15) is 0 Å². The maximum Gasteiger partial charge on any atom is 0.0312 e. The quantitative estimate of drug-likeness (QED) is 0.841. The number of nitrogens with two attached hydrogens (primary N) is 1. The smallest absolute Gasteiger partial charge is 0.0312 e. The zero-order chi connectivity index (χ0) is 10.5. The Kier molecular flexibility index (Phi) is 4.06. The van der Waals surface area contributed by atoms with E-state index >= 15 is 0 Å². The minimum absolute atomic E-state index is 0.559. The topological polar surface area (TPSA) is 29.3 Å². The molecule has 2 rings (SSSR count). The van der Waals surface area contributed by atoms with E-state index in [1.54, 1.807) is 0 Å². The second-order valence-corrected chi connectivity index (χ2v) is 5.07. The van der Waals surface area contributed by atoms with Gasteiger partial charge in [-0.1, -0.05) is 30.3 Å². The van der Waals surface area contributed by atoms with Gasteiger partial charge in [-0.2, -0.15) is 11.8 Å². The van der Waals surface area contributed by atoms with Gasteiger partial charge in [0, 0.05) is 37.2 Å². The van der Waals surface area contributed by atoms with E-state index in [0.717, 1.165) is 13.1 Å². The van der Waals surface area contributed by atoms with Crippen LogP contribution in [0.25, 0.3) is 0 Å². The van der Waals surface area contributed by atoms with Crippen LogP contribution in [0.3, 0.4) is 0 Å². The molecule has 0 radical (unpaired) electrons. The molecule has 0 aromatic heterocycles. The number of benzene rings is 1. The van der Waals surface area contributed by atoms with Crippen molar-refractivity contribution in [2.75, 3.05) is 24.6 Å². The molecule has 1 aliphatic rings. The van der Waals surface area contributed by atoms with Crippen molar-refractivity contribution < 1.29 is 0 Å². The molecule has 3 heteroatoms. The van der Waals surface area contributed by atoms with E-state index in [0.29, 0.717) is 6.04 Å². The molecular formula is C12H18N2S. The van der Waals surface area contributed by atoms with Crippen molar-refractivity contribution in [2.45, 2.75) is 12.6 Å². The van der Waals surface area contributed by atoms with Crippen molar-refractivity contribution in [3.63, 3.8) is 0 Å². The Bertz CT molecular complexity index is 289. The van der Waals surface area contributed by atoms with Gasteiger partial charge in [-0.25, -0.2) is 0 Å². The lowest BCUT2D eigenvalue weighted by Gasteiger charge is -2.34. The molecule has 15 heavy (non-hydrogen) atoms. The van der Waals surface area contributed by atoms with E-state index in [2.05, 4.69) is 35.2 Å². The van der Waals surface area contributed by atoms with Crippen LogP contribution in [0.15, 0.2) is 30.3 Å². The fourth-order valence-corrected chi connectivity index (χ4v) is 3.08. The number of rotatable bonds is 3. The van der Waals surface area contributed by atoms with Crippen molar-refractivity contribution in [2.24, 2.45) is 5.73 Å². The standard InChI is InChI=1S/C12H18N2S/c13-8-12-10-15-7-6-14(12)9-11-4-2-1-3-5-11/h1-5,12H,6-10,13H2/t12-/m1/s1. The van der Waals surface area contributed by atoms with Gasteiger partial charge in [0.15, 0.2) is 0 Å². The predicted octanol–water partition coefficient (Wildman–Crippen LogP) is 1.56. The monoisotopic (exact) mass is 222 g/mol. The van der Waals surface area contributed by atoms with Crippen LogP contribution < -0.4 is 5.73 Å². The van der Waals surface area contributed by atoms with Gasteiger partial charge in [0.2, 0.25) is 0 Å². The minimum Gasteiger partial charge on any atom is -0.329 e. The molecule has 1 aromatic rings. The second-order valence-electron chi connectivity index (χ2n) is 3.92. The summed E-state index contributed by atoms with van der Waals surface area (Å²) < 4.78 is 0. The lowest BCUT2D eigenvalue weighted by Crippen LogP contribution is -2.46. The highest BCUT2D eigenvalue weighted by atomic mass is 32.2. The highest BCUT2D eigenvalue weighted by molar-refractivity contribution is 7.99. The summed E-state index contributed by atoms with van der Waals surface area (Å²) in [7, 11) is 0. The Morgan fingerprint density at radius 3 is 2.87 bits per heavy atom. The van der Waals surface area contributed by atoms with Gasteiger partial charge in [-0.15, -0.1) is 0 Å². The normalized spacial score (nSPS) is 22.9. The molecule has 0 saturated carbocycles. The van der Waals surface area contributed by atoms with Crippen LogP contribution in [-0.2, 0) is 6.54 Å². The fraction of sp³-hybridized carbons (Fsp3) is 0.500. The van der Waals surface area contributed by atoms with Gasteiger partial charge in [0.25, 0.3) is 0 Å². The van der Waals surface area contributed by atoms with Gasteiger partial charge in [0.05, 0.1) is 0 Å². The summed E-state index contributed by atoms with van der Waals surface area (Å²) in [5.41, 5.74) is 7.18. The molecule has 1 fully saturated rings. The third-order valence-corrected chi connectivity index (χ3v) is 3.94. The molecule has 82 valence electrons. The van der Waals surface area contributed by atoms with Crippen LogP contribution >= 0.6 is 11.8 Å². The summed E-state index contributed by atoms with van der Waals surface area (Å²) in [5.74, 6) is 2.42. The average Bonchev–Trinajstić information content (AvgIpc) is 2.31. The van der Waals surface area contributed by atoms with Crippen molar-refractivity contribution in [1.29, 1.82) is 0 Å². The summed E-state index contributed by atoms with van der Waals surface area (Å²) in [5, 5.41) is 0. The number of hydrogen-bond donors (Lipinski definition) is 1. The zero-order valence-electron chi connectivity index (χ0n) is 8.93. The first-order valence-corrected chi connectivity index (χ1v) is 6.61. The maximum atomic E-state index is 5.79. The van der Waals surface area contributed by atoms with Crippen molar-refractivity contribution in [1.82, 2.24) is 4.90 Å². The molecule has 1 aromatic carbocycles. The lowest BCUT2D eigenvalue weighted by molar-refractivity contribution is 0.215. The Morgan fingerprint density at radius 2 is 2.13 bits per heavy atom. The molecule has 1 atom stereocenters. The van der Waals surface area contributed by atoms with Crippen LogP contribution in [0.2, 0.25) is 0 Å². The highest BCUT2D eigenvalue weighted by Crippen LogP contribution is 2.18. The number of hydrogen-bond acceptors (Lipinski definition) is 3. The van der Waals surface area contributed by atoms with Gasteiger partial charge >= 0.3 is 0 Å². The fourth-order valence-electron chi connectivity index (χ4n) is 1.93. The molecule has 0 bridgehead atoms. The van der Waals surface area contributed by atoms with Crippen LogP contribution in [0, 0.1) is 0 Å².